The Morgan fingerprint density at radius 1 is 1.27 bits per heavy atom. The van der Waals surface area contributed by atoms with E-state index < -0.39 is 0 Å². The molecule has 0 aromatic heterocycles. The highest BCUT2D eigenvalue weighted by Crippen LogP contribution is 2.66. The van der Waals surface area contributed by atoms with Gasteiger partial charge in [0.15, 0.2) is 0 Å². The van der Waals surface area contributed by atoms with E-state index >= 15 is 0 Å². The molecule has 0 bridgehead atoms. The zero-order valence-corrected chi connectivity index (χ0v) is 21.7. The van der Waals surface area contributed by atoms with Crippen LogP contribution in [0.15, 0.2) is 41.5 Å². The molecule has 30 heavy (non-hydrogen) atoms. The molecule has 0 unspecified atom stereocenters. The first-order chi connectivity index (χ1) is 14.4. The van der Waals surface area contributed by atoms with Gasteiger partial charge in [0.25, 0.3) is 0 Å². The molecule has 0 heterocycles. The van der Waals surface area contributed by atoms with Gasteiger partial charge in [-0.1, -0.05) is 43.5 Å². The van der Waals surface area contributed by atoms with Crippen molar-refractivity contribution in [1.82, 2.24) is 5.43 Å². The molecule has 4 nitrogen and oxygen atoms in total. The lowest BCUT2D eigenvalue weighted by Gasteiger charge is -2.15. The van der Waals surface area contributed by atoms with Crippen LogP contribution in [0.3, 0.4) is 0 Å². The molecular formula is C23H23ClI2N2O2. The van der Waals surface area contributed by atoms with Crippen LogP contribution in [0.1, 0.15) is 43.7 Å². The fourth-order valence-corrected chi connectivity index (χ4v) is 6.87. The SMILES string of the molecule is C[C@]12CCCC[C@H]1[C@H]2C(=O)N/N=C\c1cc(I)c(OCc2ccc(Cl)cc2)c(I)c1. The monoisotopic (exact) mass is 648 g/mol. The van der Waals surface area contributed by atoms with Crippen molar-refractivity contribution in [1.29, 1.82) is 0 Å². The molecule has 2 saturated carbocycles. The Labute approximate surface area is 209 Å². The second kappa shape index (κ2) is 9.32. The van der Waals surface area contributed by atoms with Crippen LogP contribution in [-0.4, -0.2) is 12.1 Å². The highest BCUT2D eigenvalue weighted by atomic mass is 127. The number of hydrazone groups is 1. The molecule has 3 atom stereocenters. The van der Waals surface area contributed by atoms with Crippen LogP contribution in [0.4, 0.5) is 0 Å². The van der Waals surface area contributed by atoms with E-state index in [9.17, 15) is 4.79 Å². The van der Waals surface area contributed by atoms with Crippen molar-refractivity contribution >= 4 is 68.9 Å². The maximum atomic E-state index is 12.5. The Morgan fingerprint density at radius 2 is 1.97 bits per heavy atom. The summed E-state index contributed by atoms with van der Waals surface area (Å²) in [5.74, 6) is 1.58. The minimum atomic E-state index is 0.0629. The third-order valence-electron chi connectivity index (χ3n) is 6.32. The Bertz CT molecular complexity index is 957. The van der Waals surface area contributed by atoms with Crippen LogP contribution in [0.5, 0.6) is 5.75 Å². The molecule has 1 amide bonds. The van der Waals surface area contributed by atoms with Gasteiger partial charge in [-0.05, 0) is 105 Å². The van der Waals surface area contributed by atoms with Gasteiger partial charge in [-0.15, -0.1) is 0 Å². The van der Waals surface area contributed by atoms with E-state index in [0.717, 1.165) is 30.4 Å². The maximum absolute atomic E-state index is 12.5. The van der Waals surface area contributed by atoms with Gasteiger partial charge in [0.2, 0.25) is 5.91 Å². The van der Waals surface area contributed by atoms with Crippen molar-refractivity contribution in [2.75, 3.05) is 0 Å². The zero-order valence-electron chi connectivity index (χ0n) is 16.6. The summed E-state index contributed by atoms with van der Waals surface area (Å²) in [6, 6.07) is 11.7. The highest BCUT2D eigenvalue weighted by Gasteiger charge is 2.64. The molecule has 2 aromatic rings. The Hall–Kier alpha value is -0.870. The molecule has 1 N–H and O–H groups in total. The van der Waals surface area contributed by atoms with Crippen molar-refractivity contribution in [3.05, 3.63) is 59.7 Å². The Morgan fingerprint density at radius 3 is 2.60 bits per heavy atom. The van der Waals surface area contributed by atoms with E-state index in [1.807, 2.05) is 36.4 Å². The molecule has 0 radical (unpaired) electrons. The third kappa shape index (κ3) is 4.80. The Balaban J connectivity index is 1.36. The normalized spacial score (nSPS) is 25.1. The average Bonchev–Trinajstić information content (AvgIpc) is 3.34. The summed E-state index contributed by atoms with van der Waals surface area (Å²) in [6.07, 6.45) is 6.53. The first-order valence-corrected chi connectivity index (χ1v) is 12.6. The Kier molecular flexibility index (Phi) is 6.94. The van der Waals surface area contributed by atoms with Crippen molar-refractivity contribution in [2.24, 2.45) is 22.4 Å². The minimum absolute atomic E-state index is 0.0629. The molecule has 2 fully saturated rings. The summed E-state index contributed by atoms with van der Waals surface area (Å²) in [5, 5.41) is 4.94. The summed E-state index contributed by atoms with van der Waals surface area (Å²) in [5.41, 5.74) is 4.96. The number of hydrogen-bond acceptors (Lipinski definition) is 3. The van der Waals surface area contributed by atoms with Gasteiger partial charge in [-0.2, -0.15) is 5.10 Å². The highest BCUT2D eigenvalue weighted by molar-refractivity contribution is 14.1. The topological polar surface area (TPSA) is 50.7 Å². The lowest BCUT2D eigenvalue weighted by molar-refractivity contribution is -0.123. The molecule has 0 saturated heterocycles. The number of carbonyl (C=O) groups is 1. The molecule has 158 valence electrons. The van der Waals surface area contributed by atoms with Crippen LogP contribution in [0.2, 0.25) is 5.02 Å². The van der Waals surface area contributed by atoms with Gasteiger partial charge in [0, 0.05) is 10.9 Å². The number of benzene rings is 2. The van der Waals surface area contributed by atoms with Crippen molar-refractivity contribution < 1.29 is 9.53 Å². The van der Waals surface area contributed by atoms with Crippen LogP contribution >= 0.6 is 56.8 Å². The van der Waals surface area contributed by atoms with E-state index in [1.54, 1.807) is 6.21 Å². The van der Waals surface area contributed by atoms with Gasteiger partial charge in [0.05, 0.1) is 13.4 Å². The first kappa shape index (κ1) is 22.3. The summed E-state index contributed by atoms with van der Waals surface area (Å²) in [6.45, 7) is 2.73. The quantitative estimate of drug-likeness (QED) is 0.224. The summed E-state index contributed by atoms with van der Waals surface area (Å²) >= 11 is 10.5. The number of ether oxygens (including phenoxy) is 1. The number of fused-ring (bicyclic) bond motifs is 1. The van der Waals surface area contributed by atoms with E-state index in [-0.39, 0.29) is 17.2 Å². The molecule has 2 aliphatic rings. The van der Waals surface area contributed by atoms with Gasteiger partial charge in [-0.3, -0.25) is 4.79 Å². The lowest BCUT2D eigenvalue weighted by Crippen LogP contribution is -2.22. The van der Waals surface area contributed by atoms with Gasteiger partial charge < -0.3 is 4.74 Å². The zero-order chi connectivity index (χ0) is 21.3. The number of carbonyl (C=O) groups excluding carboxylic acids is 1. The van der Waals surface area contributed by atoms with E-state index in [2.05, 4.69) is 62.6 Å². The smallest absolute Gasteiger partial charge is 0.244 e. The number of hydrogen-bond donors (Lipinski definition) is 1. The van der Waals surface area contributed by atoms with E-state index in [4.69, 9.17) is 16.3 Å². The second-order valence-electron chi connectivity index (χ2n) is 8.30. The van der Waals surface area contributed by atoms with Crippen LogP contribution in [-0.2, 0) is 11.4 Å². The fourth-order valence-electron chi connectivity index (χ4n) is 4.62. The predicted octanol–water partition coefficient (Wildman–Crippen LogP) is 6.40. The molecule has 2 aromatic carbocycles. The molecule has 0 aliphatic heterocycles. The molecule has 2 aliphatic carbocycles. The molecule has 7 heteroatoms. The lowest BCUT2D eigenvalue weighted by atomic mass is 9.90. The van der Waals surface area contributed by atoms with Crippen LogP contribution in [0, 0.1) is 24.4 Å². The van der Waals surface area contributed by atoms with Crippen LogP contribution < -0.4 is 10.2 Å². The predicted molar refractivity (Wildman–Crippen MR) is 137 cm³/mol. The van der Waals surface area contributed by atoms with Gasteiger partial charge in [-0.25, -0.2) is 5.43 Å². The molecule has 4 rings (SSSR count). The number of nitrogens with zero attached hydrogens (tertiary/aromatic N) is 1. The van der Waals surface area contributed by atoms with Gasteiger partial charge in [0.1, 0.15) is 12.4 Å². The fraction of sp³-hybridized carbons (Fsp3) is 0.391. The first-order valence-electron chi connectivity index (χ1n) is 10.1. The van der Waals surface area contributed by atoms with E-state index in [1.165, 1.54) is 19.3 Å². The van der Waals surface area contributed by atoms with Crippen molar-refractivity contribution in [3.8, 4) is 5.75 Å². The summed E-state index contributed by atoms with van der Waals surface area (Å²) < 4.78 is 8.03. The number of halogens is 3. The van der Waals surface area contributed by atoms with Gasteiger partial charge >= 0.3 is 0 Å². The van der Waals surface area contributed by atoms with Crippen molar-refractivity contribution in [2.45, 2.75) is 39.2 Å². The number of amides is 1. The standard InChI is InChI=1S/C23H23ClI2N2O2/c1-23-9-3-2-4-17(23)20(23)22(29)28-27-12-15-10-18(25)21(19(26)11-15)30-13-14-5-7-16(24)8-6-14/h5-8,10-12,17,20H,2-4,9,13H2,1H3,(H,28,29)/b27-12-/t17-,20-,23-/m0/s1. The van der Waals surface area contributed by atoms with Crippen LogP contribution in [0.25, 0.3) is 0 Å². The number of nitrogens with one attached hydrogen (secondary N) is 1. The minimum Gasteiger partial charge on any atom is -0.487 e. The third-order valence-corrected chi connectivity index (χ3v) is 8.17. The van der Waals surface area contributed by atoms with E-state index in [0.29, 0.717) is 17.5 Å². The molecule has 0 spiro atoms. The summed E-state index contributed by atoms with van der Waals surface area (Å²) in [4.78, 5) is 12.5. The summed E-state index contributed by atoms with van der Waals surface area (Å²) in [7, 11) is 0. The molecular weight excluding hydrogens is 626 g/mol. The average molecular weight is 649 g/mol. The largest absolute Gasteiger partial charge is 0.487 e. The van der Waals surface area contributed by atoms with Crippen molar-refractivity contribution in [3.63, 3.8) is 0 Å². The maximum Gasteiger partial charge on any atom is 0.244 e. The number of rotatable bonds is 6. The second-order valence-corrected chi connectivity index (χ2v) is 11.1.